The number of halogens is 1. The van der Waals surface area contributed by atoms with Crippen molar-refractivity contribution in [2.45, 2.75) is 6.54 Å². The van der Waals surface area contributed by atoms with Crippen LogP contribution in [0.4, 0.5) is 0 Å². The molecule has 1 heterocycles. The second kappa shape index (κ2) is 7.31. The van der Waals surface area contributed by atoms with E-state index < -0.39 is 0 Å². The summed E-state index contributed by atoms with van der Waals surface area (Å²) in [6.45, 7) is -0.0654. The molecule has 7 nitrogen and oxygen atoms in total. The van der Waals surface area contributed by atoms with Gasteiger partial charge in [-0.3, -0.25) is 4.79 Å². The van der Waals surface area contributed by atoms with Gasteiger partial charge >= 0.3 is 0 Å². The highest BCUT2D eigenvalue weighted by molar-refractivity contribution is 6.30. The zero-order valence-electron chi connectivity index (χ0n) is 13.6. The summed E-state index contributed by atoms with van der Waals surface area (Å²) >= 11 is 5.87. The highest BCUT2D eigenvalue weighted by Crippen LogP contribution is 2.24. The molecule has 0 saturated heterocycles. The lowest BCUT2D eigenvalue weighted by molar-refractivity contribution is 0.0958. The van der Waals surface area contributed by atoms with Crippen LogP contribution in [0.15, 0.2) is 42.5 Å². The molecule has 0 aliphatic heterocycles. The molecule has 0 fully saturated rings. The first-order valence-electron chi connectivity index (χ1n) is 7.39. The van der Waals surface area contributed by atoms with Crippen molar-refractivity contribution in [3.63, 3.8) is 0 Å². The largest absolute Gasteiger partial charge is 0.497 e. The number of hydrogen-bond acceptors (Lipinski definition) is 6. The molecule has 0 aliphatic rings. The zero-order chi connectivity index (χ0) is 17.8. The fourth-order valence-electron chi connectivity index (χ4n) is 2.27. The second-order valence-corrected chi connectivity index (χ2v) is 5.58. The van der Waals surface area contributed by atoms with Crippen LogP contribution in [-0.4, -0.2) is 40.2 Å². The van der Waals surface area contributed by atoms with Crippen LogP contribution < -0.4 is 9.47 Å². The number of carbonyl (C=O) groups is 1. The summed E-state index contributed by atoms with van der Waals surface area (Å²) in [4.78, 5) is 13.8. The number of ketones is 1. The van der Waals surface area contributed by atoms with E-state index in [9.17, 15) is 4.79 Å². The van der Waals surface area contributed by atoms with Crippen LogP contribution in [-0.2, 0) is 6.54 Å². The molecule has 1 aromatic heterocycles. The van der Waals surface area contributed by atoms with Crippen molar-refractivity contribution >= 4 is 17.4 Å². The van der Waals surface area contributed by atoms with Crippen molar-refractivity contribution in [2.24, 2.45) is 0 Å². The van der Waals surface area contributed by atoms with E-state index in [0.29, 0.717) is 27.9 Å². The van der Waals surface area contributed by atoms with Crippen molar-refractivity contribution in [1.82, 2.24) is 20.2 Å². The van der Waals surface area contributed by atoms with E-state index >= 15 is 0 Å². The number of ether oxygens (including phenoxy) is 2. The molecule has 0 unspecified atom stereocenters. The molecular weight excluding hydrogens is 344 g/mol. The van der Waals surface area contributed by atoms with E-state index in [1.54, 1.807) is 42.5 Å². The fraction of sp³-hybridized carbons (Fsp3) is 0.176. The summed E-state index contributed by atoms with van der Waals surface area (Å²) in [6, 6.07) is 12.1. The van der Waals surface area contributed by atoms with Crippen LogP contribution in [0.1, 0.15) is 10.4 Å². The van der Waals surface area contributed by atoms with Crippen LogP contribution in [0.25, 0.3) is 11.4 Å². The Hall–Kier alpha value is -2.93. The van der Waals surface area contributed by atoms with Crippen molar-refractivity contribution < 1.29 is 14.3 Å². The predicted molar refractivity (Wildman–Crippen MR) is 92.1 cm³/mol. The molecule has 0 amide bonds. The lowest BCUT2D eigenvalue weighted by Crippen LogP contribution is -2.14. The lowest BCUT2D eigenvalue weighted by atomic mass is 10.1. The van der Waals surface area contributed by atoms with Gasteiger partial charge in [-0.25, -0.2) is 0 Å². The summed E-state index contributed by atoms with van der Waals surface area (Å²) in [7, 11) is 3.04. The molecule has 2 aromatic carbocycles. The molecule has 0 N–H and O–H groups in total. The average Bonchev–Trinajstić information content (AvgIpc) is 3.10. The third-order valence-corrected chi connectivity index (χ3v) is 3.80. The molecule has 3 aromatic rings. The molecule has 0 spiro atoms. The Morgan fingerprint density at radius 3 is 2.56 bits per heavy atom. The van der Waals surface area contributed by atoms with Crippen molar-refractivity contribution in [3.05, 3.63) is 53.1 Å². The second-order valence-electron chi connectivity index (χ2n) is 5.14. The lowest BCUT2D eigenvalue weighted by Gasteiger charge is -2.09. The van der Waals surface area contributed by atoms with Gasteiger partial charge in [0.1, 0.15) is 18.0 Å². The number of Topliss-reactive ketones (excluding diaryl/α,β-unsaturated/α-hetero) is 1. The minimum Gasteiger partial charge on any atom is -0.497 e. The van der Waals surface area contributed by atoms with Crippen LogP contribution in [0.5, 0.6) is 11.5 Å². The van der Waals surface area contributed by atoms with Crippen LogP contribution >= 0.6 is 11.6 Å². The summed E-state index contributed by atoms with van der Waals surface area (Å²) < 4.78 is 10.4. The Kier molecular flexibility index (Phi) is 4.95. The van der Waals surface area contributed by atoms with E-state index in [1.165, 1.54) is 19.0 Å². The predicted octanol–water partition coefficient (Wildman–Crippen LogP) is 2.89. The maximum Gasteiger partial charge on any atom is 0.204 e. The van der Waals surface area contributed by atoms with Crippen LogP contribution in [0.3, 0.4) is 0 Å². The third-order valence-electron chi connectivity index (χ3n) is 3.55. The Morgan fingerprint density at radius 2 is 1.88 bits per heavy atom. The van der Waals surface area contributed by atoms with Gasteiger partial charge in [0, 0.05) is 10.6 Å². The summed E-state index contributed by atoms with van der Waals surface area (Å²) in [6.07, 6.45) is 0. The number of carbonyl (C=O) groups excluding carboxylic acids is 1. The maximum atomic E-state index is 12.6. The monoisotopic (exact) mass is 358 g/mol. The molecule has 0 bridgehead atoms. The van der Waals surface area contributed by atoms with Crippen molar-refractivity contribution in [3.8, 4) is 22.9 Å². The normalized spacial score (nSPS) is 10.5. The number of benzene rings is 2. The first-order chi connectivity index (χ1) is 12.1. The minimum absolute atomic E-state index is 0.0654. The first-order valence-corrected chi connectivity index (χ1v) is 7.77. The van der Waals surface area contributed by atoms with Gasteiger partial charge in [-0.15, -0.1) is 10.2 Å². The van der Waals surface area contributed by atoms with E-state index in [-0.39, 0.29) is 12.3 Å². The average molecular weight is 359 g/mol. The maximum absolute atomic E-state index is 12.6. The van der Waals surface area contributed by atoms with Crippen molar-refractivity contribution in [1.29, 1.82) is 0 Å². The fourth-order valence-corrected chi connectivity index (χ4v) is 2.40. The van der Waals surface area contributed by atoms with Gasteiger partial charge in [0.2, 0.25) is 5.82 Å². The van der Waals surface area contributed by atoms with Gasteiger partial charge in [-0.05, 0) is 47.7 Å². The van der Waals surface area contributed by atoms with Crippen LogP contribution in [0, 0.1) is 0 Å². The molecule has 25 heavy (non-hydrogen) atoms. The highest BCUT2D eigenvalue weighted by atomic mass is 35.5. The van der Waals surface area contributed by atoms with Gasteiger partial charge in [0.15, 0.2) is 5.78 Å². The molecule has 0 radical (unpaired) electrons. The van der Waals surface area contributed by atoms with Gasteiger partial charge < -0.3 is 9.47 Å². The zero-order valence-corrected chi connectivity index (χ0v) is 14.4. The Labute approximate surface area is 149 Å². The smallest absolute Gasteiger partial charge is 0.204 e. The number of nitrogens with zero attached hydrogens (tertiary/aromatic N) is 4. The first kappa shape index (κ1) is 16.9. The standard InChI is InChI=1S/C17H15ClN4O3/c1-24-13-7-8-16(25-2)14(9-13)15(23)10-22-20-17(19-21-22)11-3-5-12(18)6-4-11/h3-9H,10H2,1-2H3. The molecule has 0 saturated carbocycles. The van der Waals surface area contributed by atoms with Gasteiger partial charge in [-0.2, -0.15) is 4.80 Å². The Balaban J connectivity index is 1.81. The molecule has 3 rings (SSSR count). The van der Waals surface area contributed by atoms with E-state index in [2.05, 4.69) is 15.4 Å². The van der Waals surface area contributed by atoms with Gasteiger partial charge in [0.25, 0.3) is 0 Å². The molecule has 0 aliphatic carbocycles. The van der Waals surface area contributed by atoms with E-state index in [1.807, 2.05) is 0 Å². The highest BCUT2D eigenvalue weighted by Gasteiger charge is 2.16. The Bertz CT molecular complexity index is 893. The number of rotatable bonds is 6. The SMILES string of the molecule is COc1ccc(OC)c(C(=O)Cn2nnc(-c3ccc(Cl)cc3)n2)c1. The minimum atomic E-state index is -0.212. The number of hydrogen-bond donors (Lipinski definition) is 0. The van der Waals surface area contributed by atoms with E-state index in [4.69, 9.17) is 21.1 Å². The van der Waals surface area contributed by atoms with Crippen molar-refractivity contribution in [2.75, 3.05) is 14.2 Å². The van der Waals surface area contributed by atoms with E-state index in [0.717, 1.165) is 5.56 Å². The molecule has 8 heteroatoms. The molecular formula is C17H15ClN4O3. The number of tetrazole rings is 1. The molecule has 128 valence electrons. The topological polar surface area (TPSA) is 79.1 Å². The van der Waals surface area contributed by atoms with Crippen LogP contribution in [0.2, 0.25) is 5.02 Å². The van der Waals surface area contributed by atoms with Gasteiger partial charge in [-0.1, -0.05) is 11.6 Å². The quantitative estimate of drug-likeness (QED) is 0.630. The Morgan fingerprint density at radius 1 is 1.12 bits per heavy atom. The number of aromatic nitrogens is 4. The number of methoxy groups -OCH3 is 2. The summed E-state index contributed by atoms with van der Waals surface area (Å²) in [5, 5.41) is 12.8. The molecule has 0 atom stereocenters. The summed E-state index contributed by atoms with van der Waals surface area (Å²) in [5.74, 6) is 1.24. The van der Waals surface area contributed by atoms with Gasteiger partial charge in [0.05, 0.1) is 19.8 Å². The summed E-state index contributed by atoms with van der Waals surface area (Å²) in [5.41, 5.74) is 1.16. The third kappa shape index (κ3) is 3.77.